The third-order valence-electron chi connectivity index (χ3n) is 5.63. The second-order valence-electron chi connectivity index (χ2n) is 8.25. The fourth-order valence-electron chi connectivity index (χ4n) is 3.56. The third kappa shape index (κ3) is 4.69. The number of aliphatic hydroxyl groups is 1. The van der Waals surface area contributed by atoms with Crippen LogP contribution in [0.25, 0.3) is 0 Å². The van der Waals surface area contributed by atoms with E-state index in [4.69, 9.17) is 17.3 Å². The molecule has 0 radical (unpaired) electrons. The highest BCUT2D eigenvalue weighted by atomic mass is 35.5. The van der Waals surface area contributed by atoms with Gasteiger partial charge < -0.3 is 16.2 Å². The Labute approximate surface area is 165 Å². The molecule has 1 heterocycles. The predicted octanol–water partition coefficient (Wildman–Crippen LogP) is 1.76. The van der Waals surface area contributed by atoms with Gasteiger partial charge in [0.15, 0.2) is 0 Å². The van der Waals surface area contributed by atoms with Crippen molar-refractivity contribution in [3.05, 3.63) is 34.3 Å². The van der Waals surface area contributed by atoms with E-state index in [-0.39, 0.29) is 18.4 Å². The SMILES string of the molecule is CC(C)(C)[C@](CO)(Cc1cc(Cl)ccc1CN)C(=O)NC(=O)[C@@H]1CCCN1. The minimum atomic E-state index is -1.20. The fraction of sp³-hybridized carbons (Fsp3) is 0.600. The van der Waals surface area contributed by atoms with Crippen LogP contribution in [0.4, 0.5) is 0 Å². The molecule has 5 N–H and O–H groups in total. The van der Waals surface area contributed by atoms with E-state index >= 15 is 0 Å². The molecule has 1 aromatic rings. The van der Waals surface area contributed by atoms with E-state index in [0.29, 0.717) is 18.0 Å². The van der Waals surface area contributed by atoms with Gasteiger partial charge in [-0.3, -0.25) is 14.9 Å². The van der Waals surface area contributed by atoms with Crippen molar-refractivity contribution in [3.63, 3.8) is 0 Å². The Morgan fingerprint density at radius 2 is 2.04 bits per heavy atom. The molecule has 27 heavy (non-hydrogen) atoms. The Hall–Kier alpha value is -1.47. The topological polar surface area (TPSA) is 104 Å². The number of hydrogen-bond acceptors (Lipinski definition) is 5. The van der Waals surface area contributed by atoms with Crippen molar-refractivity contribution in [3.8, 4) is 0 Å². The van der Waals surface area contributed by atoms with Gasteiger partial charge >= 0.3 is 0 Å². The van der Waals surface area contributed by atoms with Gasteiger partial charge in [0.2, 0.25) is 11.8 Å². The van der Waals surface area contributed by atoms with Gasteiger partial charge in [-0.25, -0.2) is 0 Å². The van der Waals surface area contributed by atoms with Crippen LogP contribution >= 0.6 is 11.6 Å². The van der Waals surface area contributed by atoms with Gasteiger partial charge in [0.1, 0.15) is 0 Å². The van der Waals surface area contributed by atoms with Crippen LogP contribution in [0, 0.1) is 10.8 Å². The van der Waals surface area contributed by atoms with Gasteiger partial charge in [0.25, 0.3) is 0 Å². The van der Waals surface area contributed by atoms with Crippen LogP contribution in [-0.2, 0) is 22.6 Å². The van der Waals surface area contributed by atoms with Gasteiger partial charge in [-0.1, -0.05) is 38.4 Å². The number of carbonyl (C=O) groups is 2. The van der Waals surface area contributed by atoms with Crippen molar-refractivity contribution in [1.29, 1.82) is 0 Å². The number of amides is 2. The molecule has 1 saturated heterocycles. The Morgan fingerprint density at radius 3 is 2.56 bits per heavy atom. The van der Waals surface area contributed by atoms with E-state index < -0.39 is 23.3 Å². The van der Waals surface area contributed by atoms with Crippen molar-refractivity contribution in [2.75, 3.05) is 13.2 Å². The number of aliphatic hydroxyl groups excluding tert-OH is 1. The number of halogens is 1. The Morgan fingerprint density at radius 1 is 1.33 bits per heavy atom. The average Bonchev–Trinajstić information content (AvgIpc) is 3.13. The summed E-state index contributed by atoms with van der Waals surface area (Å²) in [6.45, 7) is 6.31. The molecular formula is C20H30ClN3O3. The number of benzene rings is 1. The predicted molar refractivity (Wildman–Crippen MR) is 106 cm³/mol. The van der Waals surface area contributed by atoms with Gasteiger partial charge in [0, 0.05) is 11.6 Å². The van der Waals surface area contributed by atoms with E-state index in [1.165, 1.54) is 0 Å². The first-order valence-electron chi connectivity index (χ1n) is 9.31. The van der Waals surface area contributed by atoms with E-state index in [9.17, 15) is 14.7 Å². The summed E-state index contributed by atoms with van der Waals surface area (Å²) >= 11 is 6.14. The number of nitrogens with one attached hydrogen (secondary N) is 2. The van der Waals surface area contributed by atoms with Crippen LogP contribution in [0.2, 0.25) is 5.02 Å². The maximum Gasteiger partial charge on any atom is 0.243 e. The highest BCUT2D eigenvalue weighted by molar-refractivity contribution is 6.30. The molecule has 1 aliphatic rings. The molecule has 2 amide bonds. The summed E-state index contributed by atoms with van der Waals surface area (Å²) in [5.74, 6) is -0.816. The lowest BCUT2D eigenvalue weighted by atomic mass is 9.63. The molecule has 0 unspecified atom stereocenters. The lowest BCUT2D eigenvalue weighted by molar-refractivity contribution is -0.145. The van der Waals surface area contributed by atoms with E-state index in [2.05, 4.69) is 10.6 Å². The normalized spacial score (nSPS) is 19.6. The van der Waals surface area contributed by atoms with Gasteiger partial charge in [0.05, 0.1) is 18.1 Å². The van der Waals surface area contributed by atoms with Crippen LogP contribution in [0.3, 0.4) is 0 Å². The van der Waals surface area contributed by atoms with Crippen molar-refractivity contribution in [2.45, 2.75) is 52.6 Å². The van der Waals surface area contributed by atoms with Crippen LogP contribution < -0.4 is 16.4 Å². The largest absolute Gasteiger partial charge is 0.395 e. The highest BCUT2D eigenvalue weighted by Crippen LogP contribution is 2.42. The number of carbonyl (C=O) groups excluding carboxylic acids is 2. The smallest absolute Gasteiger partial charge is 0.243 e. The molecule has 0 aliphatic carbocycles. The van der Waals surface area contributed by atoms with Gasteiger partial charge in [-0.2, -0.15) is 0 Å². The quantitative estimate of drug-likeness (QED) is 0.587. The first-order chi connectivity index (χ1) is 12.6. The standard InChI is InChI=1S/C20H30ClN3O3/c1-19(2,3)20(12-25,10-14-9-15(21)7-6-13(14)11-22)18(27)24-17(26)16-5-4-8-23-16/h6-7,9,16,23,25H,4-5,8,10-12,22H2,1-3H3,(H,24,26,27)/t16-,20-/m0/s1. The molecule has 1 aliphatic heterocycles. The molecule has 150 valence electrons. The minimum absolute atomic E-state index is 0.233. The van der Waals surface area contributed by atoms with Crippen LogP contribution in [0.15, 0.2) is 18.2 Å². The summed E-state index contributed by atoms with van der Waals surface area (Å²) in [6.07, 6.45) is 1.84. The molecule has 1 fully saturated rings. The number of hydrogen-bond donors (Lipinski definition) is 4. The lowest BCUT2D eigenvalue weighted by Gasteiger charge is -2.42. The molecule has 0 aromatic heterocycles. The zero-order valence-corrected chi connectivity index (χ0v) is 17.0. The Bertz CT molecular complexity index is 696. The maximum atomic E-state index is 13.2. The molecule has 6 nitrogen and oxygen atoms in total. The number of nitrogens with two attached hydrogens (primary N) is 1. The van der Waals surface area contributed by atoms with E-state index in [1.807, 2.05) is 26.8 Å². The van der Waals surface area contributed by atoms with Crippen LogP contribution in [-0.4, -0.2) is 36.1 Å². The van der Waals surface area contributed by atoms with E-state index in [1.54, 1.807) is 12.1 Å². The molecule has 2 rings (SSSR count). The molecule has 2 atom stereocenters. The first kappa shape index (κ1) is 21.8. The van der Waals surface area contributed by atoms with Crippen molar-refractivity contribution in [1.82, 2.24) is 10.6 Å². The summed E-state index contributed by atoms with van der Waals surface area (Å²) < 4.78 is 0. The fourth-order valence-corrected chi connectivity index (χ4v) is 3.76. The lowest BCUT2D eigenvalue weighted by Crippen LogP contribution is -2.56. The monoisotopic (exact) mass is 395 g/mol. The summed E-state index contributed by atoms with van der Waals surface area (Å²) in [5, 5.41) is 16.5. The molecule has 7 heteroatoms. The molecule has 0 bridgehead atoms. The molecule has 0 saturated carbocycles. The summed E-state index contributed by atoms with van der Waals surface area (Å²) in [6, 6.07) is 4.98. The van der Waals surface area contributed by atoms with Gasteiger partial charge in [-0.15, -0.1) is 0 Å². The summed E-state index contributed by atoms with van der Waals surface area (Å²) in [4.78, 5) is 25.7. The zero-order valence-electron chi connectivity index (χ0n) is 16.3. The van der Waals surface area contributed by atoms with Crippen LogP contribution in [0.5, 0.6) is 0 Å². The molecule has 1 aromatic carbocycles. The van der Waals surface area contributed by atoms with Crippen molar-refractivity contribution < 1.29 is 14.7 Å². The maximum absolute atomic E-state index is 13.2. The second kappa shape index (κ2) is 8.69. The zero-order chi connectivity index (χ0) is 20.2. The number of rotatable bonds is 6. The third-order valence-corrected chi connectivity index (χ3v) is 5.87. The van der Waals surface area contributed by atoms with E-state index in [0.717, 1.165) is 24.1 Å². The average molecular weight is 396 g/mol. The van der Waals surface area contributed by atoms with Crippen molar-refractivity contribution >= 4 is 23.4 Å². The van der Waals surface area contributed by atoms with Crippen LogP contribution in [0.1, 0.15) is 44.7 Å². The first-order valence-corrected chi connectivity index (χ1v) is 9.69. The van der Waals surface area contributed by atoms with Gasteiger partial charge in [-0.05, 0) is 54.5 Å². The number of imide groups is 1. The van der Waals surface area contributed by atoms with Crippen molar-refractivity contribution in [2.24, 2.45) is 16.6 Å². The Kier molecular flexibility index (Phi) is 7.03. The second-order valence-corrected chi connectivity index (χ2v) is 8.69. The Balaban J connectivity index is 2.36. The summed E-state index contributed by atoms with van der Waals surface area (Å²) in [7, 11) is 0. The molecular weight excluding hydrogens is 366 g/mol. The summed E-state index contributed by atoms with van der Waals surface area (Å²) in [5.41, 5.74) is 5.70. The molecule has 0 spiro atoms. The minimum Gasteiger partial charge on any atom is -0.395 e. The highest BCUT2D eigenvalue weighted by Gasteiger charge is 2.49.